The average molecular weight is 407 g/mol. The molecule has 3 aromatic rings. The molecule has 0 spiro atoms. The smallest absolute Gasteiger partial charge is 0.319 e. The van der Waals surface area contributed by atoms with Crippen LogP contribution in [0.15, 0.2) is 54.6 Å². The van der Waals surface area contributed by atoms with Crippen LogP contribution in [-0.4, -0.2) is 22.4 Å². The summed E-state index contributed by atoms with van der Waals surface area (Å²) in [5.74, 6) is 0.471. The van der Waals surface area contributed by atoms with E-state index in [2.05, 4.69) is 15.7 Å². The Balaban J connectivity index is 1.60. The minimum Gasteiger partial charge on any atom is -0.382 e. The number of nitrogens with two attached hydrogens (primary N) is 1. The molecule has 4 N–H and O–H groups in total. The molecule has 0 saturated heterocycles. The Bertz CT molecular complexity index is 994. The Hall–Kier alpha value is -3.35. The first-order valence-corrected chi connectivity index (χ1v) is 10.4. The highest BCUT2D eigenvalue weighted by atomic mass is 19.1. The van der Waals surface area contributed by atoms with E-state index in [4.69, 9.17) is 5.73 Å². The first kappa shape index (κ1) is 19.9. The molecule has 0 unspecified atom stereocenters. The van der Waals surface area contributed by atoms with Gasteiger partial charge in [0.15, 0.2) is 5.82 Å². The van der Waals surface area contributed by atoms with Crippen LogP contribution in [0.3, 0.4) is 0 Å². The van der Waals surface area contributed by atoms with Gasteiger partial charge in [-0.15, -0.1) is 0 Å². The second-order valence-electron chi connectivity index (χ2n) is 7.70. The molecule has 2 amide bonds. The van der Waals surface area contributed by atoms with Crippen LogP contribution in [0.25, 0.3) is 16.9 Å². The number of nitrogens with zero attached hydrogens (tertiary/aromatic N) is 2. The number of rotatable bonds is 5. The number of anilines is 2. The van der Waals surface area contributed by atoms with Crippen molar-refractivity contribution in [2.75, 3.05) is 17.6 Å². The van der Waals surface area contributed by atoms with Gasteiger partial charge in [-0.2, -0.15) is 5.10 Å². The monoisotopic (exact) mass is 407 g/mol. The van der Waals surface area contributed by atoms with Gasteiger partial charge in [0.05, 0.1) is 5.69 Å². The van der Waals surface area contributed by atoms with E-state index in [-0.39, 0.29) is 17.7 Å². The maximum absolute atomic E-state index is 13.3. The van der Waals surface area contributed by atoms with Crippen LogP contribution in [0.4, 0.5) is 20.7 Å². The Kier molecular flexibility index (Phi) is 5.97. The van der Waals surface area contributed by atoms with E-state index in [1.807, 2.05) is 30.3 Å². The standard InChI is InChI=1S/C23H26FN5O/c24-18-11-13-19(14-12-18)29-22(25)21(20(28-29)17-9-5-2-6-10-17)27-23(30)26-15-16-7-3-1-4-8-16/h2,5-6,9-14,16H,1,3-4,7-8,15,25H2,(H2,26,27,30). The van der Waals surface area contributed by atoms with Crippen LogP contribution < -0.4 is 16.4 Å². The molecule has 1 fully saturated rings. The molecule has 1 saturated carbocycles. The highest BCUT2D eigenvalue weighted by Gasteiger charge is 2.21. The Morgan fingerprint density at radius 3 is 2.47 bits per heavy atom. The third-order valence-corrected chi connectivity index (χ3v) is 5.55. The van der Waals surface area contributed by atoms with Gasteiger partial charge in [0.2, 0.25) is 0 Å². The summed E-state index contributed by atoms with van der Waals surface area (Å²) in [6.45, 7) is 0.651. The highest BCUT2D eigenvalue weighted by Crippen LogP contribution is 2.34. The van der Waals surface area contributed by atoms with Crippen molar-refractivity contribution in [3.63, 3.8) is 0 Å². The van der Waals surface area contributed by atoms with Crippen LogP contribution in [0.2, 0.25) is 0 Å². The van der Waals surface area contributed by atoms with Crippen molar-refractivity contribution in [3.05, 3.63) is 60.4 Å². The second kappa shape index (κ2) is 8.98. The lowest BCUT2D eigenvalue weighted by Gasteiger charge is -2.21. The zero-order chi connectivity index (χ0) is 20.9. The molecule has 1 aliphatic rings. The van der Waals surface area contributed by atoms with E-state index >= 15 is 0 Å². The van der Waals surface area contributed by atoms with E-state index in [1.54, 1.807) is 12.1 Å². The lowest BCUT2D eigenvalue weighted by atomic mass is 9.89. The van der Waals surface area contributed by atoms with Crippen molar-refractivity contribution in [1.29, 1.82) is 0 Å². The van der Waals surface area contributed by atoms with Gasteiger partial charge in [-0.1, -0.05) is 49.6 Å². The minimum absolute atomic E-state index is 0.285. The predicted octanol–water partition coefficient (Wildman–Crippen LogP) is 4.96. The van der Waals surface area contributed by atoms with Gasteiger partial charge in [0, 0.05) is 12.1 Å². The topological polar surface area (TPSA) is 85.0 Å². The highest BCUT2D eigenvalue weighted by molar-refractivity contribution is 5.97. The second-order valence-corrected chi connectivity index (χ2v) is 7.70. The van der Waals surface area contributed by atoms with Crippen LogP contribution in [0, 0.1) is 11.7 Å². The third-order valence-electron chi connectivity index (χ3n) is 5.55. The lowest BCUT2D eigenvalue weighted by Crippen LogP contribution is -2.34. The summed E-state index contributed by atoms with van der Waals surface area (Å²) in [6, 6.07) is 15.1. The Morgan fingerprint density at radius 1 is 1.07 bits per heavy atom. The number of hydrogen-bond donors (Lipinski definition) is 3. The number of amides is 2. The summed E-state index contributed by atoms with van der Waals surface area (Å²) in [5.41, 5.74) is 8.80. The number of benzene rings is 2. The Labute approximate surface area is 175 Å². The molecule has 2 aromatic carbocycles. The van der Waals surface area contributed by atoms with Crippen molar-refractivity contribution in [2.24, 2.45) is 5.92 Å². The number of aromatic nitrogens is 2. The first-order chi connectivity index (χ1) is 14.6. The van der Waals surface area contributed by atoms with Crippen molar-refractivity contribution in [3.8, 4) is 16.9 Å². The molecule has 7 heteroatoms. The Morgan fingerprint density at radius 2 is 1.77 bits per heavy atom. The van der Waals surface area contributed by atoms with Gasteiger partial charge >= 0.3 is 6.03 Å². The molecule has 1 heterocycles. The van der Waals surface area contributed by atoms with Crippen molar-refractivity contribution >= 4 is 17.5 Å². The number of carbonyl (C=O) groups excluding carboxylic acids is 1. The zero-order valence-corrected chi connectivity index (χ0v) is 16.8. The number of urea groups is 1. The minimum atomic E-state index is -0.340. The fourth-order valence-electron chi connectivity index (χ4n) is 3.92. The van der Waals surface area contributed by atoms with Crippen LogP contribution in [-0.2, 0) is 0 Å². The van der Waals surface area contributed by atoms with Gasteiger partial charge in [-0.05, 0) is 43.0 Å². The summed E-state index contributed by atoms with van der Waals surface area (Å²) >= 11 is 0. The van der Waals surface area contributed by atoms with Crippen LogP contribution >= 0.6 is 0 Å². The van der Waals surface area contributed by atoms with E-state index in [9.17, 15) is 9.18 Å². The number of carbonyl (C=O) groups is 1. The largest absolute Gasteiger partial charge is 0.382 e. The molecular weight excluding hydrogens is 381 g/mol. The summed E-state index contributed by atoms with van der Waals surface area (Å²) < 4.78 is 14.8. The third kappa shape index (κ3) is 4.45. The van der Waals surface area contributed by atoms with Crippen molar-refractivity contribution in [1.82, 2.24) is 15.1 Å². The van der Waals surface area contributed by atoms with Gasteiger partial charge in [0.1, 0.15) is 17.2 Å². The molecule has 4 rings (SSSR count). The predicted molar refractivity (Wildman–Crippen MR) is 117 cm³/mol. The molecule has 1 aromatic heterocycles. The van der Waals surface area contributed by atoms with Gasteiger partial charge < -0.3 is 16.4 Å². The molecule has 0 aliphatic heterocycles. The van der Waals surface area contributed by atoms with Crippen LogP contribution in [0.1, 0.15) is 32.1 Å². The van der Waals surface area contributed by atoms with E-state index in [1.165, 1.54) is 36.1 Å². The lowest BCUT2D eigenvalue weighted by molar-refractivity contribution is 0.247. The molecule has 0 radical (unpaired) electrons. The van der Waals surface area contributed by atoms with Gasteiger partial charge in [-0.25, -0.2) is 13.9 Å². The fraction of sp³-hybridized carbons (Fsp3) is 0.304. The number of nitrogens with one attached hydrogen (secondary N) is 2. The quantitative estimate of drug-likeness (QED) is 0.559. The number of halogens is 1. The van der Waals surface area contributed by atoms with Gasteiger partial charge in [0.25, 0.3) is 0 Å². The molecule has 30 heavy (non-hydrogen) atoms. The van der Waals surface area contributed by atoms with E-state index in [0.29, 0.717) is 29.5 Å². The summed E-state index contributed by atoms with van der Waals surface area (Å²) in [5, 5.41) is 10.5. The summed E-state index contributed by atoms with van der Waals surface area (Å²) in [4.78, 5) is 12.6. The molecule has 0 bridgehead atoms. The van der Waals surface area contributed by atoms with Crippen molar-refractivity contribution in [2.45, 2.75) is 32.1 Å². The van der Waals surface area contributed by atoms with E-state index in [0.717, 1.165) is 18.4 Å². The molecule has 0 atom stereocenters. The normalized spacial score (nSPS) is 14.4. The molecular formula is C23H26FN5O. The maximum atomic E-state index is 13.3. The fourth-order valence-corrected chi connectivity index (χ4v) is 3.92. The van der Waals surface area contributed by atoms with Crippen LogP contribution in [0.5, 0.6) is 0 Å². The van der Waals surface area contributed by atoms with E-state index < -0.39 is 0 Å². The SMILES string of the molecule is Nc1c(NC(=O)NCC2CCCCC2)c(-c2ccccc2)nn1-c1ccc(F)cc1. The van der Waals surface area contributed by atoms with Crippen molar-refractivity contribution < 1.29 is 9.18 Å². The van der Waals surface area contributed by atoms with Gasteiger partial charge in [-0.3, -0.25) is 0 Å². The number of nitrogen functional groups attached to an aromatic ring is 1. The molecule has 6 nitrogen and oxygen atoms in total. The molecule has 1 aliphatic carbocycles. The average Bonchev–Trinajstić information content (AvgIpc) is 3.10. The molecule has 156 valence electrons. The zero-order valence-electron chi connectivity index (χ0n) is 16.8. The summed E-state index contributed by atoms with van der Waals surface area (Å²) in [6.07, 6.45) is 6.04. The number of hydrogen-bond acceptors (Lipinski definition) is 3. The first-order valence-electron chi connectivity index (χ1n) is 10.4. The maximum Gasteiger partial charge on any atom is 0.319 e. The summed E-state index contributed by atoms with van der Waals surface area (Å²) in [7, 11) is 0.